The van der Waals surface area contributed by atoms with Crippen molar-refractivity contribution in [2.45, 2.75) is 25.4 Å². The number of aromatic nitrogens is 4. The van der Waals surface area contributed by atoms with Gasteiger partial charge < -0.3 is 31.1 Å². The van der Waals surface area contributed by atoms with Gasteiger partial charge in [0.1, 0.15) is 6.04 Å². The fraction of sp³-hybridized carbons (Fsp3) is 0.286. The van der Waals surface area contributed by atoms with E-state index in [9.17, 15) is 23.7 Å². The van der Waals surface area contributed by atoms with Crippen molar-refractivity contribution in [1.29, 1.82) is 0 Å². The third-order valence-corrected chi connectivity index (χ3v) is 4.36. The molecule has 0 spiro atoms. The Balaban J connectivity index is 0.00000106. The summed E-state index contributed by atoms with van der Waals surface area (Å²) in [4.78, 5) is 60.6. The summed E-state index contributed by atoms with van der Waals surface area (Å²) in [5.41, 5.74) is 6.47. The van der Waals surface area contributed by atoms with Crippen LogP contribution in [-0.2, 0) is 27.3 Å². The lowest BCUT2D eigenvalue weighted by atomic mass is 10.1. The lowest BCUT2D eigenvalue weighted by molar-refractivity contribution is -0.140. The van der Waals surface area contributed by atoms with E-state index in [4.69, 9.17) is 15.9 Å². The van der Waals surface area contributed by atoms with Crippen LogP contribution in [0.1, 0.15) is 28.9 Å². The van der Waals surface area contributed by atoms with E-state index in [1.807, 2.05) is 0 Å². The summed E-state index contributed by atoms with van der Waals surface area (Å²) in [7, 11) is 0. The minimum Gasteiger partial charge on any atom is -0.617 e. The standard InChI is InChI=1S/C19H19N7O6.C2H6OS/c20-19-25-15-14(17(30)26-19)23-11(8-22-15)7-21-10-3-1-9(2-4-10)16(29)24-12(18(31)32)5-6-13(27)28;1-4(2)3/h1-4,8,12,21H,5-7H2,(H,24,29)(H,27,28)(H,31,32)(H3,20,22,25,26,30);1-2H3. The van der Waals surface area contributed by atoms with Gasteiger partial charge in [-0.1, -0.05) is 11.2 Å². The second kappa shape index (κ2) is 13.0. The second-order valence-corrected chi connectivity index (χ2v) is 8.94. The predicted molar refractivity (Wildman–Crippen MR) is 132 cm³/mol. The van der Waals surface area contributed by atoms with Crippen molar-refractivity contribution in [3.8, 4) is 0 Å². The van der Waals surface area contributed by atoms with Crippen LogP contribution in [0, 0.1) is 0 Å². The normalized spacial score (nSPS) is 11.3. The summed E-state index contributed by atoms with van der Waals surface area (Å²) in [6.45, 7) is 0.231. The Morgan fingerprint density at radius 1 is 1.17 bits per heavy atom. The number of benzene rings is 1. The zero-order chi connectivity index (χ0) is 26.8. The van der Waals surface area contributed by atoms with E-state index in [1.165, 1.54) is 18.3 Å². The SMILES string of the molecule is C[S+](C)[O-].Nc1nc2ncc(CNc3ccc(C(=O)NC(CCC(=O)O)C(=O)O)cc3)nc2c(=O)[nH]1. The fourth-order valence-electron chi connectivity index (χ4n) is 2.75. The number of amides is 1. The number of carboxylic acid groups (broad SMARTS) is 2. The van der Waals surface area contributed by atoms with Crippen LogP contribution in [0.25, 0.3) is 11.2 Å². The van der Waals surface area contributed by atoms with Crippen LogP contribution in [0.4, 0.5) is 11.6 Å². The average Bonchev–Trinajstić information content (AvgIpc) is 2.80. The highest BCUT2D eigenvalue weighted by molar-refractivity contribution is 7.89. The lowest BCUT2D eigenvalue weighted by Crippen LogP contribution is -2.41. The Bertz CT molecular complexity index is 1280. The molecular weight excluding hydrogens is 494 g/mol. The highest BCUT2D eigenvalue weighted by Crippen LogP contribution is 2.12. The molecule has 7 N–H and O–H groups in total. The number of nitrogens with one attached hydrogen (secondary N) is 3. The van der Waals surface area contributed by atoms with E-state index in [1.54, 1.807) is 24.6 Å². The van der Waals surface area contributed by atoms with Crippen molar-refractivity contribution >= 4 is 51.8 Å². The number of aliphatic carboxylic acids is 2. The van der Waals surface area contributed by atoms with Crippen LogP contribution in [-0.4, -0.2) is 71.1 Å². The number of carboxylic acids is 2. The Hall–Kier alpha value is -4.24. The van der Waals surface area contributed by atoms with E-state index in [0.29, 0.717) is 11.4 Å². The maximum absolute atomic E-state index is 12.3. The number of aromatic amines is 1. The van der Waals surface area contributed by atoms with Gasteiger partial charge >= 0.3 is 11.9 Å². The smallest absolute Gasteiger partial charge is 0.326 e. The number of nitrogen functional groups attached to an aromatic ring is 1. The molecule has 0 aliphatic heterocycles. The van der Waals surface area contributed by atoms with Crippen molar-refractivity contribution in [3.63, 3.8) is 0 Å². The van der Waals surface area contributed by atoms with Crippen molar-refractivity contribution in [3.05, 3.63) is 52.1 Å². The molecule has 0 aliphatic carbocycles. The third-order valence-electron chi connectivity index (χ3n) is 4.36. The quantitative estimate of drug-likeness (QED) is 0.204. The Morgan fingerprint density at radius 3 is 2.39 bits per heavy atom. The first-order valence-electron chi connectivity index (χ1n) is 10.3. The zero-order valence-electron chi connectivity index (χ0n) is 19.3. The van der Waals surface area contributed by atoms with Crippen molar-refractivity contribution in [1.82, 2.24) is 25.3 Å². The van der Waals surface area contributed by atoms with Crippen molar-refractivity contribution < 1.29 is 29.1 Å². The second-order valence-electron chi connectivity index (χ2n) is 7.45. The van der Waals surface area contributed by atoms with Gasteiger partial charge in [0, 0.05) is 17.7 Å². The number of anilines is 2. The maximum atomic E-state index is 12.3. The average molecular weight is 520 g/mol. The van der Waals surface area contributed by atoms with Crippen LogP contribution in [0.2, 0.25) is 0 Å². The molecule has 36 heavy (non-hydrogen) atoms. The van der Waals surface area contributed by atoms with Crippen molar-refractivity contribution in [2.24, 2.45) is 0 Å². The maximum Gasteiger partial charge on any atom is 0.326 e. The number of nitrogens with zero attached hydrogens (tertiary/aromatic N) is 3. The van der Waals surface area contributed by atoms with Gasteiger partial charge in [-0.15, -0.1) is 0 Å². The number of rotatable bonds is 9. The summed E-state index contributed by atoms with van der Waals surface area (Å²) in [6.07, 6.45) is 4.12. The lowest BCUT2D eigenvalue weighted by Gasteiger charge is -2.14. The Kier molecular flexibility index (Phi) is 10.1. The van der Waals surface area contributed by atoms with E-state index in [-0.39, 0.29) is 42.1 Å². The van der Waals surface area contributed by atoms with Crippen LogP contribution in [0.3, 0.4) is 0 Å². The van der Waals surface area contributed by atoms with Crippen LogP contribution in [0.5, 0.6) is 0 Å². The first-order chi connectivity index (χ1) is 17.0. The largest absolute Gasteiger partial charge is 0.617 e. The van der Waals surface area contributed by atoms with Gasteiger partial charge in [0.2, 0.25) is 5.95 Å². The first kappa shape index (κ1) is 28.0. The molecule has 15 heteroatoms. The highest BCUT2D eigenvalue weighted by atomic mass is 32.2. The number of hydrogen-bond acceptors (Lipinski definition) is 10. The van der Waals surface area contributed by atoms with Crippen molar-refractivity contribution in [2.75, 3.05) is 23.6 Å². The van der Waals surface area contributed by atoms with E-state index in [2.05, 4.69) is 30.6 Å². The van der Waals surface area contributed by atoms with E-state index in [0.717, 1.165) is 0 Å². The third kappa shape index (κ3) is 8.84. The zero-order valence-corrected chi connectivity index (χ0v) is 20.2. The fourth-order valence-corrected chi connectivity index (χ4v) is 2.75. The monoisotopic (exact) mass is 519 g/mol. The minimum atomic E-state index is -1.31. The van der Waals surface area contributed by atoms with Gasteiger partial charge in [-0.3, -0.25) is 19.4 Å². The van der Waals surface area contributed by atoms with Gasteiger partial charge in [-0.25, -0.2) is 14.8 Å². The Labute approximate surface area is 207 Å². The first-order valence-corrected chi connectivity index (χ1v) is 12.3. The topological polar surface area (TPSA) is 236 Å². The molecule has 2 heterocycles. The number of carbonyl (C=O) groups is 3. The highest BCUT2D eigenvalue weighted by Gasteiger charge is 2.21. The molecule has 1 unspecified atom stereocenters. The summed E-state index contributed by atoms with van der Waals surface area (Å²) >= 11 is -0.611. The molecule has 3 rings (SSSR count). The summed E-state index contributed by atoms with van der Waals surface area (Å²) in [6, 6.07) is 4.86. The minimum absolute atomic E-state index is 0.0524. The molecule has 0 radical (unpaired) electrons. The van der Waals surface area contributed by atoms with E-state index < -0.39 is 40.6 Å². The van der Waals surface area contributed by atoms with Gasteiger partial charge in [-0.05, 0) is 30.7 Å². The summed E-state index contributed by atoms with van der Waals surface area (Å²) < 4.78 is 9.56. The number of H-pyrrole nitrogens is 1. The molecule has 2 aromatic heterocycles. The summed E-state index contributed by atoms with van der Waals surface area (Å²) in [5.74, 6) is -3.16. The molecule has 14 nitrogen and oxygen atoms in total. The molecule has 0 bridgehead atoms. The molecule has 0 fully saturated rings. The Morgan fingerprint density at radius 2 is 1.81 bits per heavy atom. The van der Waals surface area contributed by atoms with Crippen LogP contribution < -0.4 is 21.9 Å². The molecule has 1 amide bonds. The molecule has 0 saturated carbocycles. The van der Waals surface area contributed by atoms with E-state index >= 15 is 0 Å². The van der Waals surface area contributed by atoms with Gasteiger partial charge in [0.05, 0.1) is 30.9 Å². The number of nitrogens with two attached hydrogens (primary N) is 1. The predicted octanol–water partition coefficient (Wildman–Crippen LogP) is -0.0501. The van der Waals surface area contributed by atoms with Crippen LogP contribution >= 0.6 is 0 Å². The number of hydrogen-bond donors (Lipinski definition) is 6. The molecule has 3 aromatic rings. The van der Waals surface area contributed by atoms with Gasteiger partial charge in [0.25, 0.3) is 11.5 Å². The molecule has 1 atom stereocenters. The molecule has 1 aromatic carbocycles. The molecule has 192 valence electrons. The molecule has 0 saturated heterocycles. The van der Waals surface area contributed by atoms with Gasteiger partial charge in [0.15, 0.2) is 11.2 Å². The van der Waals surface area contributed by atoms with Crippen LogP contribution in [0.15, 0.2) is 35.3 Å². The van der Waals surface area contributed by atoms with Gasteiger partial charge in [-0.2, -0.15) is 4.98 Å². The summed E-state index contributed by atoms with van der Waals surface area (Å²) in [5, 5.41) is 23.2. The molecular formula is C21H25N7O7S. The molecule has 0 aliphatic rings. The number of carbonyl (C=O) groups excluding carboxylic acids is 1. The number of fused-ring (bicyclic) bond motifs is 1.